The zero-order chi connectivity index (χ0) is 16.1. The van der Waals surface area contributed by atoms with Gasteiger partial charge in [-0.2, -0.15) is 4.98 Å². The lowest BCUT2D eigenvalue weighted by atomic mass is 10.2. The summed E-state index contributed by atoms with van der Waals surface area (Å²) in [6.45, 7) is 0.424. The molecule has 4 nitrogen and oxygen atoms in total. The molecule has 23 heavy (non-hydrogen) atoms. The van der Waals surface area contributed by atoms with E-state index in [-0.39, 0.29) is 5.82 Å². The monoisotopic (exact) mass is 421 g/mol. The maximum Gasteiger partial charge on any atom is 0.232 e. The molecule has 1 N–H and O–H groups in total. The average Bonchev–Trinajstić information content (AvgIpc) is 2.56. The summed E-state index contributed by atoms with van der Waals surface area (Å²) >= 11 is 2.12. The predicted molar refractivity (Wildman–Crippen MR) is 95.2 cm³/mol. The van der Waals surface area contributed by atoms with Gasteiger partial charge in [-0.1, -0.05) is 36.4 Å². The van der Waals surface area contributed by atoms with E-state index in [1.807, 2.05) is 30.3 Å². The van der Waals surface area contributed by atoms with Gasteiger partial charge >= 0.3 is 0 Å². The van der Waals surface area contributed by atoms with Crippen LogP contribution in [0.3, 0.4) is 0 Å². The van der Waals surface area contributed by atoms with Gasteiger partial charge in [0.25, 0.3) is 0 Å². The molecule has 0 fully saturated rings. The van der Waals surface area contributed by atoms with Crippen LogP contribution in [0.5, 0.6) is 5.88 Å². The van der Waals surface area contributed by atoms with Crippen molar-refractivity contribution < 1.29 is 9.13 Å². The Labute approximate surface area is 146 Å². The highest BCUT2D eigenvalue weighted by Gasteiger charge is 2.07. The second kappa shape index (κ2) is 7.36. The minimum absolute atomic E-state index is 0.318. The number of halogens is 2. The number of hydrogen-bond donors (Lipinski definition) is 1. The fourth-order valence-corrected chi connectivity index (χ4v) is 2.35. The fourth-order valence-electron chi connectivity index (χ4n) is 1.93. The Bertz CT molecular complexity index is 799. The van der Waals surface area contributed by atoms with Crippen LogP contribution in [0.4, 0.5) is 16.0 Å². The molecule has 0 radical (unpaired) electrons. The largest absolute Gasteiger partial charge is 0.472 e. The van der Waals surface area contributed by atoms with E-state index in [1.165, 1.54) is 12.1 Å². The van der Waals surface area contributed by atoms with Crippen molar-refractivity contribution in [1.29, 1.82) is 0 Å². The van der Waals surface area contributed by atoms with Gasteiger partial charge in [-0.3, -0.25) is 0 Å². The van der Waals surface area contributed by atoms with Crippen molar-refractivity contribution in [3.63, 3.8) is 0 Å². The Balaban J connectivity index is 1.73. The van der Waals surface area contributed by atoms with Gasteiger partial charge in [-0.15, -0.1) is 0 Å². The second-order valence-electron chi connectivity index (χ2n) is 4.76. The van der Waals surface area contributed by atoms with Crippen molar-refractivity contribution in [3.8, 4) is 5.88 Å². The van der Waals surface area contributed by atoms with Gasteiger partial charge < -0.3 is 10.1 Å². The Hall–Kier alpha value is -2.22. The number of aromatic nitrogens is 2. The Morgan fingerprint density at radius 2 is 1.91 bits per heavy atom. The van der Waals surface area contributed by atoms with Crippen molar-refractivity contribution in [2.45, 2.75) is 6.61 Å². The molecule has 2 aromatic carbocycles. The van der Waals surface area contributed by atoms with Crippen LogP contribution >= 0.6 is 22.6 Å². The van der Waals surface area contributed by atoms with E-state index in [2.05, 4.69) is 37.9 Å². The van der Waals surface area contributed by atoms with E-state index >= 15 is 0 Å². The van der Waals surface area contributed by atoms with Gasteiger partial charge in [0.2, 0.25) is 11.8 Å². The lowest BCUT2D eigenvalue weighted by molar-refractivity contribution is 0.291. The normalized spacial score (nSPS) is 10.3. The van der Waals surface area contributed by atoms with Gasteiger partial charge in [0.05, 0.1) is 3.57 Å². The zero-order valence-corrected chi connectivity index (χ0v) is 14.2. The minimum atomic E-state index is -0.318. The highest BCUT2D eigenvalue weighted by Crippen LogP contribution is 2.22. The molecule has 0 aliphatic rings. The Morgan fingerprint density at radius 1 is 1.09 bits per heavy atom. The zero-order valence-electron chi connectivity index (χ0n) is 12.0. The van der Waals surface area contributed by atoms with Gasteiger partial charge in [-0.05, 0) is 46.4 Å². The van der Waals surface area contributed by atoms with Crippen molar-refractivity contribution in [2.24, 2.45) is 0 Å². The molecule has 0 saturated carbocycles. The minimum Gasteiger partial charge on any atom is -0.472 e. The third kappa shape index (κ3) is 4.38. The van der Waals surface area contributed by atoms with Crippen molar-refractivity contribution in [1.82, 2.24) is 9.97 Å². The van der Waals surface area contributed by atoms with Crippen molar-refractivity contribution >= 4 is 34.2 Å². The first-order valence-corrected chi connectivity index (χ1v) is 8.00. The first kappa shape index (κ1) is 15.7. The molecule has 116 valence electrons. The van der Waals surface area contributed by atoms with Crippen LogP contribution < -0.4 is 10.1 Å². The second-order valence-corrected chi connectivity index (χ2v) is 5.92. The molecule has 0 amide bonds. The van der Waals surface area contributed by atoms with Crippen LogP contribution in [0, 0.1) is 9.39 Å². The van der Waals surface area contributed by atoms with Crippen LogP contribution in [0.1, 0.15) is 5.56 Å². The first-order chi connectivity index (χ1) is 11.2. The third-order valence-corrected chi connectivity index (χ3v) is 3.75. The summed E-state index contributed by atoms with van der Waals surface area (Å²) < 4.78 is 19.8. The molecular formula is C17H13FIN3O. The topological polar surface area (TPSA) is 47.0 Å². The summed E-state index contributed by atoms with van der Waals surface area (Å²) in [5.74, 6) is 0.531. The molecule has 3 aromatic rings. The van der Waals surface area contributed by atoms with Crippen molar-refractivity contribution in [3.05, 3.63) is 75.7 Å². The number of hydrogen-bond acceptors (Lipinski definition) is 4. The lowest BCUT2D eigenvalue weighted by Gasteiger charge is -2.10. The maximum absolute atomic E-state index is 13.2. The highest BCUT2D eigenvalue weighted by atomic mass is 127. The molecule has 0 spiro atoms. The molecule has 1 aromatic heterocycles. The number of nitrogens with zero attached hydrogens (tertiary/aromatic N) is 2. The molecule has 1 heterocycles. The van der Waals surface area contributed by atoms with E-state index in [0.717, 1.165) is 9.13 Å². The molecular weight excluding hydrogens is 408 g/mol. The molecule has 6 heteroatoms. The number of ether oxygens (including phenoxy) is 1. The van der Waals surface area contributed by atoms with E-state index in [1.54, 1.807) is 18.3 Å². The molecule has 3 rings (SSSR count). The SMILES string of the molecule is Fc1cccc(Nc2ncc(I)c(OCc3ccccc3)n2)c1. The smallest absolute Gasteiger partial charge is 0.232 e. The lowest BCUT2D eigenvalue weighted by Crippen LogP contribution is -2.03. The molecule has 0 aliphatic heterocycles. The van der Waals surface area contributed by atoms with Gasteiger partial charge in [0.15, 0.2) is 0 Å². The van der Waals surface area contributed by atoms with Crippen LogP contribution in [-0.4, -0.2) is 9.97 Å². The molecule has 0 bridgehead atoms. The van der Waals surface area contributed by atoms with Gasteiger partial charge in [0, 0.05) is 11.9 Å². The number of anilines is 2. The van der Waals surface area contributed by atoms with Crippen LogP contribution in [0.25, 0.3) is 0 Å². The first-order valence-electron chi connectivity index (χ1n) is 6.92. The molecule has 0 atom stereocenters. The molecule has 0 aliphatic carbocycles. The van der Waals surface area contributed by atoms with E-state index < -0.39 is 0 Å². The van der Waals surface area contributed by atoms with Gasteiger partial charge in [0.1, 0.15) is 12.4 Å². The number of nitrogens with one attached hydrogen (secondary N) is 1. The highest BCUT2D eigenvalue weighted by molar-refractivity contribution is 14.1. The van der Waals surface area contributed by atoms with E-state index in [4.69, 9.17) is 4.74 Å². The van der Waals surface area contributed by atoms with Crippen molar-refractivity contribution in [2.75, 3.05) is 5.32 Å². The standard InChI is InChI=1S/C17H13FIN3O/c18-13-7-4-8-14(9-13)21-17-20-10-15(19)16(22-17)23-11-12-5-2-1-3-6-12/h1-10H,11H2,(H,20,21,22). The number of rotatable bonds is 5. The average molecular weight is 421 g/mol. The summed E-state index contributed by atoms with van der Waals surface area (Å²) in [5, 5.41) is 2.96. The summed E-state index contributed by atoms with van der Waals surface area (Å²) in [6.07, 6.45) is 1.66. The summed E-state index contributed by atoms with van der Waals surface area (Å²) in [5.41, 5.74) is 1.64. The fraction of sp³-hybridized carbons (Fsp3) is 0.0588. The van der Waals surface area contributed by atoms with Crippen LogP contribution in [0.15, 0.2) is 60.8 Å². The third-order valence-electron chi connectivity index (χ3n) is 3.01. The molecule has 0 saturated heterocycles. The van der Waals surface area contributed by atoms with E-state index in [9.17, 15) is 4.39 Å². The van der Waals surface area contributed by atoms with Gasteiger partial charge in [-0.25, -0.2) is 9.37 Å². The van der Waals surface area contributed by atoms with Crippen LogP contribution in [-0.2, 0) is 6.61 Å². The summed E-state index contributed by atoms with van der Waals surface area (Å²) in [4.78, 5) is 8.52. The maximum atomic E-state index is 13.2. The Morgan fingerprint density at radius 3 is 2.70 bits per heavy atom. The summed E-state index contributed by atoms with van der Waals surface area (Å²) in [7, 11) is 0. The number of benzene rings is 2. The predicted octanol–water partition coefficient (Wildman–Crippen LogP) is 4.54. The molecule has 0 unspecified atom stereocenters. The van der Waals surface area contributed by atoms with E-state index in [0.29, 0.717) is 24.1 Å². The summed E-state index contributed by atoms with van der Waals surface area (Å²) in [6, 6.07) is 16.0. The quantitative estimate of drug-likeness (QED) is 0.615. The van der Waals surface area contributed by atoms with Crippen LogP contribution in [0.2, 0.25) is 0 Å². The Kier molecular flexibility index (Phi) is 5.02.